The molecule has 0 heterocycles. The third-order valence-electron chi connectivity index (χ3n) is 2.72. The van der Waals surface area contributed by atoms with Gasteiger partial charge in [0.1, 0.15) is 11.5 Å². The molecule has 0 saturated carbocycles. The van der Waals surface area contributed by atoms with Crippen molar-refractivity contribution in [3.05, 3.63) is 29.3 Å². The lowest BCUT2D eigenvalue weighted by Gasteiger charge is -2.10. The maximum atomic E-state index is 12.0. The van der Waals surface area contributed by atoms with Crippen LogP contribution in [0, 0.1) is 12.8 Å². The van der Waals surface area contributed by atoms with Crippen LogP contribution in [0.1, 0.15) is 36.2 Å². The van der Waals surface area contributed by atoms with Gasteiger partial charge in [0.25, 0.3) is 0 Å². The first-order chi connectivity index (χ1) is 7.95. The molecule has 1 aromatic rings. The molecule has 0 aliphatic heterocycles. The van der Waals surface area contributed by atoms with Crippen molar-refractivity contribution in [1.82, 2.24) is 0 Å². The van der Waals surface area contributed by atoms with Crippen LogP contribution in [0.15, 0.2) is 18.2 Å². The maximum Gasteiger partial charge on any atom is 0.166 e. The first-order valence-electron chi connectivity index (χ1n) is 5.64. The van der Waals surface area contributed by atoms with E-state index in [0.717, 1.165) is 11.3 Å². The second-order valence-electron chi connectivity index (χ2n) is 4.36. The number of carbonyl (C=O) groups is 2. The highest BCUT2D eigenvalue weighted by molar-refractivity contribution is 5.99. The Morgan fingerprint density at radius 1 is 1.35 bits per heavy atom. The quantitative estimate of drug-likeness (QED) is 0.736. The summed E-state index contributed by atoms with van der Waals surface area (Å²) < 4.78 is 5.14. The van der Waals surface area contributed by atoms with Crippen molar-refractivity contribution >= 4 is 11.6 Å². The molecule has 0 aromatic heterocycles. The average Bonchev–Trinajstić information content (AvgIpc) is 2.27. The van der Waals surface area contributed by atoms with Crippen LogP contribution >= 0.6 is 0 Å². The SMILES string of the molecule is COc1ccc(C(=O)C(C)CC(C)=O)cc1C. The zero-order valence-electron chi connectivity index (χ0n) is 10.7. The third-order valence-corrected chi connectivity index (χ3v) is 2.72. The molecule has 0 saturated heterocycles. The summed E-state index contributed by atoms with van der Waals surface area (Å²) in [5.41, 5.74) is 1.56. The van der Waals surface area contributed by atoms with Crippen molar-refractivity contribution in [2.45, 2.75) is 27.2 Å². The van der Waals surface area contributed by atoms with E-state index in [4.69, 9.17) is 4.74 Å². The molecule has 0 fully saturated rings. The average molecular weight is 234 g/mol. The molecule has 1 aromatic carbocycles. The minimum atomic E-state index is -0.264. The molecule has 3 heteroatoms. The van der Waals surface area contributed by atoms with E-state index in [1.54, 1.807) is 32.2 Å². The fourth-order valence-electron chi connectivity index (χ4n) is 1.84. The number of ketones is 2. The van der Waals surface area contributed by atoms with Crippen LogP contribution in [-0.4, -0.2) is 18.7 Å². The third kappa shape index (κ3) is 3.41. The van der Waals surface area contributed by atoms with Crippen LogP contribution in [0.4, 0.5) is 0 Å². The van der Waals surface area contributed by atoms with Crippen LogP contribution in [0.5, 0.6) is 5.75 Å². The molecule has 0 aliphatic carbocycles. The highest BCUT2D eigenvalue weighted by Gasteiger charge is 2.17. The minimum Gasteiger partial charge on any atom is -0.496 e. The van der Waals surface area contributed by atoms with Gasteiger partial charge in [-0.15, -0.1) is 0 Å². The number of aryl methyl sites for hydroxylation is 1. The van der Waals surface area contributed by atoms with Crippen molar-refractivity contribution in [1.29, 1.82) is 0 Å². The van der Waals surface area contributed by atoms with Gasteiger partial charge in [-0.3, -0.25) is 4.79 Å². The predicted octanol–water partition coefficient (Wildman–Crippen LogP) is 2.80. The van der Waals surface area contributed by atoms with Gasteiger partial charge in [-0.1, -0.05) is 6.92 Å². The summed E-state index contributed by atoms with van der Waals surface area (Å²) in [5.74, 6) is 0.545. The second kappa shape index (κ2) is 5.62. The Morgan fingerprint density at radius 3 is 2.47 bits per heavy atom. The zero-order valence-corrected chi connectivity index (χ0v) is 10.7. The van der Waals surface area contributed by atoms with E-state index in [-0.39, 0.29) is 17.5 Å². The summed E-state index contributed by atoms with van der Waals surface area (Å²) in [6.45, 7) is 5.18. The smallest absolute Gasteiger partial charge is 0.166 e. The Morgan fingerprint density at radius 2 is 2.00 bits per heavy atom. The van der Waals surface area contributed by atoms with E-state index in [2.05, 4.69) is 0 Å². The summed E-state index contributed by atoms with van der Waals surface area (Å²) in [7, 11) is 1.60. The van der Waals surface area contributed by atoms with Gasteiger partial charge in [0.15, 0.2) is 5.78 Å². The van der Waals surface area contributed by atoms with Gasteiger partial charge in [-0.2, -0.15) is 0 Å². The number of hydrogen-bond donors (Lipinski definition) is 0. The van der Waals surface area contributed by atoms with Crippen LogP contribution in [0.3, 0.4) is 0 Å². The molecular weight excluding hydrogens is 216 g/mol. The van der Waals surface area contributed by atoms with Crippen molar-refractivity contribution in [3.8, 4) is 5.75 Å². The van der Waals surface area contributed by atoms with Crippen LogP contribution in [0.2, 0.25) is 0 Å². The second-order valence-corrected chi connectivity index (χ2v) is 4.36. The van der Waals surface area contributed by atoms with Crippen molar-refractivity contribution < 1.29 is 14.3 Å². The normalized spacial score (nSPS) is 12.0. The Bertz CT molecular complexity index is 435. The van der Waals surface area contributed by atoms with E-state index in [0.29, 0.717) is 12.0 Å². The van der Waals surface area contributed by atoms with Crippen LogP contribution < -0.4 is 4.74 Å². The number of ether oxygens (including phenoxy) is 1. The lowest BCUT2D eigenvalue weighted by atomic mass is 9.94. The molecule has 0 N–H and O–H groups in total. The maximum absolute atomic E-state index is 12.0. The van der Waals surface area contributed by atoms with Gasteiger partial charge in [-0.25, -0.2) is 0 Å². The molecule has 0 radical (unpaired) electrons. The molecule has 0 bridgehead atoms. The van der Waals surface area contributed by atoms with Crippen molar-refractivity contribution in [3.63, 3.8) is 0 Å². The summed E-state index contributed by atoms with van der Waals surface area (Å²) in [6, 6.07) is 5.33. The summed E-state index contributed by atoms with van der Waals surface area (Å²) in [5, 5.41) is 0. The van der Waals surface area contributed by atoms with Gasteiger partial charge in [-0.05, 0) is 37.6 Å². The Kier molecular flexibility index (Phi) is 4.44. The van der Waals surface area contributed by atoms with Gasteiger partial charge in [0, 0.05) is 17.9 Å². The zero-order chi connectivity index (χ0) is 13.0. The van der Waals surface area contributed by atoms with Gasteiger partial charge >= 0.3 is 0 Å². The van der Waals surface area contributed by atoms with E-state index in [9.17, 15) is 9.59 Å². The molecule has 1 rings (SSSR count). The minimum absolute atomic E-state index is 0.00551. The molecule has 1 atom stereocenters. The lowest BCUT2D eigenvalue weighted by molar-refractivity contribution is -0.117. The first kappa shape index (κ1) is 13.4. The Labute approximate surface area is 102 Å². The molecule has 0 spiro atoms. The predicted molar refractivity (Wildman–Crippen MR) is 66.5 cm³/mol. The van der Waals surface area contributed by atoms with Crippen molar-refractivity contribution in [2.24, 2.45) is 5.92 Å². The van der Waals surface area contributed by atoms with Crippen LogP contribution in [-0.2, 0) is 4.79 Å². The Hall–Kier alpha value is -1.64. The van der Waals surface area contributed by atoms with Crippen molar-refractivity contribution in [2.75, 3.05) is 7.11 Å². The van der Waals surface area contributed by atoms with Gasteiger partial charge in [0.2, 0.25) is 0 Å². The topological polar surface area (TPSA) is 43.4 Å². The number of carbonyl (C=O) groups excluding carboxylic acids is 2. The molecule has 1 unspecified atom stereocenters. The van der Waals surface area contributed by atoms with Gasteiger partial charge < -0.3 is 9.53 Å². The number of rotatable bonds is 5. The van der Waals surface area contributed by atoms with Gasteiger partial charge in [0.05, 0.1) is 7.11 Å². The lowest BCUT2D eigenvalue weighted by Crippen LogP contribution is -2.14. The summed E-state index contributed by atoms with van der Waals surface area (Å²) in [6.07, 6.45) is 0.296. The highest BCUT2D eigenvalue weighted by Crippen LogP contribution is 2.21. The molecule has 92 valence electrons. The number of hydrogen-bond acceptors (Lipinski definition) is 3. The van der Waals surface area contributed by atoms with E-state index < -0.39 is 0 Å². The summed E-state index contributed by atoms with van der Waals surface area (Å²) >= 11 is 0. The molecule has 3 nitrogen and oxygen atoms in total. The molecule has 17 heavy (non-hydrogen) atoms. The van der Waals surface area contributed by atoms with E-state index >= 15 is 0 Å². The molecule has 0 aliphatic rings. The fraction of sp³-hybridized carbons (Fsp3) is 0.429. The number of Topliss-reactive ketones (excluding diaryl/α,β-unsaturated/α-hetero) is 2. The van der Waals surface area contributed by atoms with E-state index in [1.807, 2.05) is 6.92 Å². The first-order valence-corrected chi connectivity index (χ1v) is 5.64. The Balaban J connectivity index is 2.89. The number of benzene rings is 1. The molecule has 0 amide bonds. The monoisotopic (exact) mass is 234 g/mol. The standard InChI is InChI=1S/C14H18O3/c1-9-8-12(5-6-13(9)17-4)14(16)10(2)7-11(3)15/h5-6,8,10H,7H2,1-4H3. The number of methoxy groups -OCH3 is 1. The highest BCUT2D eigenvalue weighted by atomic mass is 16.5. The molecular formula is C14H18O3. The summed E-state index contributed by atoms with van der Waals surface area (Å²) in [4.78, 5) is 23.0. The van der Waals surface area contributed by atoms with E-state index in [1.165, 1.54) is 6.92 Å². The van der Waals surface area contributed by atoms with Crippen LogP contribution in [0.25, 0.3) is 0 Å². The fourth-order valence-corrected chi connectivity index (χ4v) is 1.84. The largest absolute Gasteiger partial charge is 0.496 e.